The number of hydrogen-bond donors (Lipinski definition) is 1. The molecule has 2 aliphatic heterocycles. The summed E-state index contributed by atoms with van der Waals surface area (Å²) in [6.07, 6.45) is -3.63. The molecule has 0 aliphatic carbocycles. The molecule has 3 heterocycles. The van der Waals surface area contributed by atoms with Gasteiger partial charge in [-0.25, -0.2) is 36.9 Å². The minimum Gasteiger partial charge on any atom is -0.459 e. The molecule has 2 aromatic rings. The molecule has 0 bridgehead atoms. The molecule has 1 fully saturated rings. The van der Waals surface area contributed by atoms with Crippen molar-refractivity contribution in [3.8, 4) is 5.88 Å². The number of Topliss-reactive ketones (excluding diaryl/α,β-unsaturated/α-hetero) is 1. The molecule has 2 aliphatic rings. The molecule has 188 valence electrons. The second kappa shape index (κ2) is 10.1. The molecule has 4 rings (SSSR count). The van der Waals surface area contributed by atoms with Crippen molar-refractivity contribution in [2.75, 3.05) is 20.1 Å². The van der Waals surface area contributed by atoms with Crippen LogP contribution in [0.2, 0.25) is 0 Å². The van der Waals surface area contributed by atoms with Gasteiger partial charge in [0.1, 0.15) is 29.8 Å². The fraction of sp³-hybridized carbons (Fsp3) is 0.455. The summed E-state index contributed by atoms with van der Waals surface area (Å²) in [6.45, 7) is -2.52. The van der Waals surface area contributed by atoms with Gasteiger partial charge in [-0.2, -0.15) is 0 Å². The van der Waals surface area contributed by atoms with Gasteiger partial charge in [0, 0.05) is 18.4 Å². The first-order valence-electron chi connectivity index (χ1n) is 10.6. The lowest BCUT2D eigenvalue weighted by Crippen LogP contribution is -2.52. The maximum absolute atomic E-state index is 15.1. The molecule has 35 heavy (non-hydrogen) atoms. The Bertz CT molecular complexity index is 1100. The third-order valence-electron chi connectivity index (χ3n) is 6.00. The first-order valence-corrected chi connectivity index (χ1v) is 10.6. The first-order chi connectivity index (χ1) is 16.8. The lowest BCUT2D eigenvalue weighted by molar-refractivity contribution is -0.00287. The molecule has 0 spiro atoms. The Morgan fingerprint density at radius 1 is 1.26 bits per heavy atom. The topological polar surface area (TPSA) is 109 Å². The van der Waals surface area contributed by atoms with Crippen molar-refractivity contribution >= 4 is 11.8 Å². The normalized spacial score (nSPS) is 25.7. The van der Waals surface area contributed by atoms with Gasteiger partial charge in [-0.3, -0.25) is 4.79 Å². The average molecular weight is 500 g/mol. The van der Waals surface area contributed by atoms with E-state index in [0.29, 0.717) is 0 Å². The summed E-state index contributed by atoms with van der Waals surface area (Å²) >= 11 is 0. The van der Waals surface area contributed by atoms with Crippen LogP contribution in [0, 0.1) is 11.7 Å². The molecule has 1 saturated heterocycles. The van der Waals surface area contributed by atoms with Crippen molar-refractivity contribution in [1.29, 1.82) is 0 Å². The van der Waals surface area contributed by atoms with Crippen LogP contribution in [0.4, 0.5) is 22.0 Å². The highest BCUT2D eigenvalue weighted by atomic mass is 19.3. The van der Waals surface area contributed by atoms with Gasteiger partial charge in [0.05, 0.1) is 31.0 Å². The van der Waals surface area contributed by atoms with Gasteiger partial charge >= 0.3 is 0 Å². The average Bonchev–Trinajstić information content (AvgIpc) is 3.22. The Morgan fingerprint density at radius 2 is 2.06 bits per heavy atom. The monoisotopic (exact) mass is 500 g/mol. The molecule has 1 aromatic carbocycles. The second-order valence-electron chi connectivity index (χ2n) is 8.10. The Kier molecular flexibility index (Phi) is 7.15. The van der Waals surface area contributed by atoms with E-state index in [1.54, 1.807) is 0 Å². The predicted molar refractivity (Wildman–Crippen MR) is 111 cm³/mol. The van der Waals surface area contributed by atoms with E-state index in [1.165, 1.54) is 12.1 Å². The Morgan fingerprint density at radius 3 is 2.71 bits per heavy atom. The van der Waals surface area contributed by atoms with Crippen LogP contribution in [0.25, 0.3) is 0 Å². The van der Waals surface area contributed by atoms with Crippen molar-refractivity contribution in [1.82, 2.24) is 9.97 Å². The summed E-state index contributed by atoms with van der Waals surface area (Å²) < 4.78 is 83.7. The maximum atomic E-state index is 15.1. The van der Waals surface area contributed by atoms with Crippen molar-refractivity contribution in [3.63, 3.8) is 0 Å². The van der Waals surface area contributed by atoms with E-state index in [0.717, 1.165) is 18.5 Å². The number of hydrogen-bond acceptors (Lipinski definition) is 8. The van der Waals surface area contributed by atoms with Crippen LogP contribution in [0.5, 0.6) is 5.88 Å². The number of amidine groups is 1. The van der Waals surface area contributed by atoms with Crippen molar-refractivity contribution in [2.45, 2.75) is 37.0 Å². The number of fused-ring (bicyclic) bond motifs is 1. The van der Waals surface area contributed by atoms with Crippen molar-refractivity contribution in [2.24, 2.45) is 16.6 Å². The summed E-state index contributed by atoms with van der Waals surface area (Å²) in [5.74, 6) is -2.56. The number of carbonyl (C=O) groups is 1. The van der Waals surface area contributed by atoms with E-state index < -0.39 is 67.7 Å². The Hall–Kier alpha value is -3.35. The van der Waals surface area contributed by atoms with Crippen LogP contribution >= 0.6 is 0 Å². The van der Waals surface area contributed by atoms with E-state index in [2.05, 4.69) is 19.7 Å². The van der Waals surface area contributed by atoms with E-state index in [1.807, 2.05) is 0 Å². The maximum Gasteiger partial charge on any atom is 0.283 e. The lowest BCUT2D eigenvalue weighted by Gasteiger charge is -2.41. The summed E-state index contributed by atoms with van der Waals surface area (Å²) in [7, 11) is 0. The van der Waals surface area contributed by atoms with Crippen LogP contribution in [-0.4, -0.2) is 60.5 Å². The number of carbonyl (C=O) groups excluding carboxylic acids is 1. The lowest BCUT2D eigenvalue weighted by atomic mass is 9.72. The molecule has 4 atom stereocenters. The zero-order valence-electron chi connectivity index (χ0n) is 18.2. The zero-order valence-corrected chi connectivity index (χ0v) is 18.2. The van der Waals surface area contributed by atoms with Crippen LogP contribution < -0.4 is 10.5 Å². The third kappa shape index (κ3) is 4.90. The van der Waals surface area contributed by atoms with Gasteiger partial charge in [0.25, 0.3) is 6.02 Å². The highest BCUT2D eigenvalue weighted by Gasteiger charge is 2.57. The van der Waals surface area contributed by atoms with Crippen LogP contribution in [0.15, 0.2) is 35.6 Å². The van der Waals surface area contributed by atoms with Gasteiger partial charge in [-0.15, -0.1) is 0 Å². The number of nitrogens with two attached hydrogens (primary N) is 1. The fourth-order valence-electron chi connectivity index (χ4n) is 4.54. The second-order valence-corrected chi connectivity index (χ2v) is 8.10. The molecule has 0 amide bonds. The highest BCUT2D eigenvalue weighted by Crippen LogP contribution is 2.48. The third-order valence-corrected chi connectivity index (χ3v) is 6.00. The molecule has 1 aromatic heterocycles. The molecule has 0 saturated carbocycles. The number of benzene rings is 1. The van der Waals surface area contributed by atoms with Gasteiger partial charge in [0.15, 0.2) is 5.78 Å². The number of aromatic nitrogens is 2. The summed E-state index contributed by atoms with van der Waals surface area (Å²) in [6, 6.07) is 3.19. The van der Waals surface area contributed by atoms with Crippen LogP contribution in [-0.2, 0) is 21.4 Å². The summed E-state index contributed by atoms with van der Waals surface area (Å²) in [5.41, 5.74) is 3.72. The van der Waals surface area contributed by atoms with Gasteiger partial charge in [-0.1, -0.05) is 6.07 Å². The SMILES string of the molecule is NC1=N[C@](CF)(c2cc(CC(=O)c3cnc(OCF)cn3)ccc2F)[C@H]2[C@H](CC(F)F)OC[C@H]2O1. The molecule has 13 heteroatoms. The van der Waals surface area contributed by atoms with Crippen molar-refractivity contribution in [3.05, 3.63) is 53.2 Å². The van der Waals surface area contributed by atoms with Gasteiger partial charge in [0.2, 0.25) is 19.2 Å². The summed E-state index contributed by atoms with van der Waals surface area (Å²) in [5, 5.41) is 0. The quantitative estimate of drug-likeness (QED) is 0.417. The van der Waals surface area contributed by atoms with Crippen LogP contribution in [0.1, 0.15) is 28.0 Å². The number of halogens is 5. The molecular formula is C22H21F5N4O4. The standard InChI is InChI=1S/C22H21F5N4O4/c23-9-22(20-16(5-18(26)27)33-8-17(20)35-21(28)31-22)12-3-11(1-2-13(12)25)4-15(32)14-6-30-19(7-29-14)34-10-24/h1-3,6-7,16-18,20H,4-5,8-10H2,(H2,28,31)/t16-,17+,20-,22+/m0/s1. The number of ketones is 1. The molecule has 0 radical (unpaired) electrons. The van der Waals surface area contributed by atoms with E-state index in [4.69, 9.17) is 15.2 Å². The predicted octanol–water partition coefficient (Wildman–Crippen LogP) is 2.90. The van der Waals surface area contributed by atoms with E-state index in [9.17, 15) is 22.4 Å². The smallest absolute Gasteiger partial charge is 0.283 e. The van der Waals surface area contributed by atoms with Crippen LogP contribution in [0.3, 0.4) is 0 Å². The Balaban J connectivity index is 1.67. The highest BCUT2D eigenvalue weighted by molar-refractivity contribution is 5.95. The molecule has 8 nitrogen and oxygen atoms in total. The number of nitrogens with zero attached hydrogens (tertiary/aromatic N) is 3. The summed E-state index contributed by atoms with van der Waals surface area (Å²) in [4.78, 5) is 24.3. The minimum atomic E-state index is -2.75. The minimum absolute atomic E-state index is 0.0585. The number of ether oxygens (including phenoxy) is 3. The molecule has 0 unspecified atom stereocenters. The fourth-order valence-corrected chi connectivity index (χ4v) is 4.54. The molecule has 2 N–H and O–H groups in total. The van der Waals surface area contributed by atoms with E-state index in [-0.39, 0.29) is 35.7 Å². The number of alkyl halides is 4. The van der Waals surface area contributed by atoms with E-state index >= 15 is 4.39 Å². The van der Waals surface area contributed by atoms with Gasteiger partial charge in [-0.05, 0) is 17.7 Å². The molecular weight excluding hydrogens is 479 g/mol. The Labute approximate surface area is 196 Å². The van der Waals surface area contributed by atoms with Gasteiger partial charge < -0.3 is 19.9 Å². The number of rotatable bonds is 9. The first kappa shape index (κ1) is 24.8. The largest absolute Gasteiger partial charge is 0.459 e. The zero-order chi connectivity index (χ0) is 25.2. The van der Waals surface area contributed by atoms with Crippen molar-refractivity contribution < 1.29 is 41.0 Å². The number of aliphatic imine (C=N–C) groups is 1.